The zero-order valence-electron chi connectivity index (χ0n) is 11.0. The van der Waals surface area contributed by atoms with Gasteiger partial charge < -0.3 is 0 Å². The molecule has 3 aliphatic rings. The molecule has 0 aliphatic heterocycles. The lowest BCUT2D eigenvalue weighted by molar-refractivity contribution is -0.116. The molecule has 0 saturated heterocycles. The van der Waals surface area contributed by atoms with Crippen LogP contribution in [0, 0.1) is 17.3 Å². The minimum atomic E-state index is 0.375. The van der Waals surface area contributed by atoms with Crippen molar-refractivity contribution in [2.75, 3.05) is 0 Å². The van der Waals surface area contributed by atoms with Crippen molar-refractivity contribution in [3.63, 3.8) is 0 Å². The first-order chi connectivity index (χ1) is 8.12. The van der Waals surface area contributed by atoms with E-state index in [0.29, 0.717) is 17.1 Å². The molecule has 1 saturated carbocycles. The summed E-state index contributed by atoms with van der Waals surface area (Å²) in [6.07, 6.45) is 12.0. The van der Waals surface area contributed by atoms with Gasteiger partial charge in [-0.1, -0.05) is 31.9 Å². The molecule has 3 unspecified atom stereocenters. The number of Topliss-reactive ketones (excluding diaryl/α,β-unsaturated/α-hetero) is 1. The Morgan fingerprint density at radius 2 is 2.12 bits per heavy atom. The van der Waals surface area contributed by atoms with Gasteiger partial charge in [0, 0.05) is 6.42 Å². The SMILES string of the molecule is CC1=C2C=CC3(C)CCCCC3C2CCC1=O. The summed E-state index contributed by atoms with van der Waals surface area (Å²) in [6, 6.07) is 0. The van der Waals surface area contributed by atoms with Crippen molar-refractivity contribution < 1.29 is 4.79 Å². The van der Waals surface area contributed by atoms with Gasteiger partial charge >= 0.3 is 0 Å². The maximum absolute atomic E-state index is 11.8. The average Bonchev–Trinajstić information content (AvgIpc) is 2.33. The quantitative estimate of drug-likeness (QED) is 0.613. The highest BCUT2D eigenvalue weighted by Gasteiger charge is 2.44. The Balaban J connectivity index is 2.05. The molecule has 1 nitrogen and oxygen atoms in total. The highest BCUT2D eigenvalue weighted by molar-refractivity contribution is 5.97. The molecule has 92 valence electrons. The third-order valence-electron chi connectivity index (χ3n) is 5.39. The minimum absolute atomic E-state index is 0.375. The third-order valence-corrected chi connectivity index (χ3v) is 5.39. The second-order valence-corrected chi connectivity index (χ2v) is 6.34. The van der Waals surface area contributed by atoms with Crippen LogP contribution in [0.25, 0.3) is 0 Å². The average molecular weight is 230 g/mol. The number of fused-ring (bicyclic) bond motifs is 3. The van der Waals surface area contributed by atoms with Crippen LogP contribution in [0.2, 0.25) is 0 Å². The summed E-state index contributed by atoms with van der Waals surface area (Å²) < 4.78 is 0. The molecule has 0 bridgehead atoms. The molecule has 1 fully saturated rings. The molecular weight excluding hydrogens is 208 g/mol. The van der Waals surface area contributed by atoms with E-state index in [0.717, 1.165) is 24.3 Å². The lowest BCUT2D eigenvalue weighted by Crippen LogP contribution is -2.39. The van der Waals surface area contributed by atoms with E-state index >= 15 is 0 Å². The van der Waals surface area contributed by atoms with E-state index in [4.69, 9.17) is 0 Å². The molecule has 0 heterocycles. The Bertz CT molecular complexity index is 415. The highest BCUT2D eigenvalue weighted by atomic mass is 16.1. The standard InChI is InChI=1S/C16H22O/c1-11-12-8-10-16(2)9-4-3-5-14(16)13(12)6-7-15(11)17/h8,10,13-14H,3-7,9H2,1-2H3. The number of hydrogen-bond acceptors (Lipinski definition) is 1. The van der Waals surface area contributed by atoms with E-state index in [9.17, 15) is 4.79 Å². The van der Waals surface area contributed by atoms with Crippen LogP contribution >= 0.6 is 0 Å². The lowest BCUT2D eigenvalue weighted by Gasteiger charge is -2.48. The van der Waals surface area contributed by atoms with Crippen LogP contribution in [0.4, 0.5) is 0 Å². The molecule has 1 heteroatoms. The lowest BCUT2D eigenvalue weighted by atomic mass is 9.56. The van der Waals surface area contributed by atoms with E-state index < -0.39 is 0 Å². The smallest absolute Gasteiger partial charge is 0.158 e. The predicted octanol–water partition coefficient (Wildman–Crippen LogP) is 4.05. The molecule has 0 radical (unpaired) electrons. The molecule has 3 rings (SSSR count). The van der Waals surface area contributed by atoms with Crippen LogP contribution in [0.15, 0.2) is 23.3 Å². The molecule has 0 spiro atoms. The van der Waals surface area contributed by atoms with Gasteiger partial charge in [-0.05, 0) is 54.6 Å². The maximum Gasteiger partial charge on any atom is 0.158 e. The summed E-state index contributed by atoms with van der Waals surface area (Å²) in [6.45, 7) is 4.45. The van der Waals surface area contributed by atoms with Gasteiger partial charge in [0.25, 0.3) is 0 Å². The van der Waals surface area contributed by atoms with E-state index in [1.54, 1.807) is 0 Å². The van der Waals surface area contributed by atoms with E-state index in [-0.39, 0.29) is 0 Å². The molecule has 0 aromatic heterocycles. The first-order valence-corrected chi connectivity index (χ1v) is 7.05. The Morgan fingerprint density at radius 3 is 2.94 bits per heavy atom. The zero-order valence-corrected chi connectivity index (χ0v) is 11.0. The summed E-state index contributed by atoms with van der Waals surface area (Å²) in [5, 5.41) is 0. The van der Waals surface area contributed by atoms with Crippen molar-refractivity contribution in [1.82, 2.24) is 0 Å². The summed E-state index contributed by atoms with van der Waals surface area (Å²) in [4.78, 5) is 11.8. The summed E-state index contributed by atoms with van der Waals surface area (Å²) in [7, 11) is 0. The van der Waals surface area contributed by atoms with Crippen molar-refractivity contribution in [2.24, 2.45) is 17.3 Å². The van der Waals surface area contributed by atoms with E-state index in [2.05, 4.69) is 19.1 Å². The van der Waals surface area contributed by atoms with Crippen LogP contribution in [0.1, 0.15) is 52.4 Å². The Morgan fingerprint density at radius 1 is 1.29 bits per heavy atom. The predicted molar refractivity (Wildman–Crippen MR) is 69.6 cm³/mol. The molecule has 17 heavy (non-hydrogen) atoms. The monoisotopic (exact) mass is 230 g/mol. The summed E-state index contributed by atoms with van der Waals surface area (Å²) in [5.74, 6) is 1.84. The van der Waals surface area contributed by atoms with Crippen molar-refractivity contribution in [3.05, 3.63) is 23.3 Å². The normalized spacial score (nSPS) is 41.2. The highest BCUT2D eigenvalue weighted by Crippen LogP contribution is 2.53. The number of carbonyl (C=O) groups excluding carboxylic acids is 1. The van der Waals surface area contributed by atoms with Crippen molar-refractivity contribution in [2.45, 2.75) is 52.4 Å². The summed E-state index contributed by atoms with van der Waals surface area (Å²) >= 11 is 0. The summed E-state index contributed by atoms with van der Waals surface area (Å²) in [5.41, 5.74) is 2.82. The number of rotatable bonds is 0. The first-order valence-electron chi connectivity index (χ1n) is 7.05. The van der Waals surface area contributed by atoms with Gasteiger partial charge in [0.05, 0.1) is 0 Å². The van der Waals surface area contributed by atoms with E-state index in [1.807, 2.05) is 6.92 Å². The van der Waals surface area contributed by atoms with Crippen molar-refractivity contribution >= 4 is 5.78 Å². The zero-order chi connectivity index (χ0) is 12.0. The Hall–Kier alpha value is -0.850. The van der Waals surface area contributed by atoms with Crippen molar-refractivity contribution in [3.8, 4) is 0 Å². The van der Waals surface area contributed by atoms with Gasteiger partial charge in [-0.3, -0.25) is 4.79 Å². The maximum atomic E-state index is 11.8. The molecular formula is C16H22O. The Kier molecular flexibility index (Phi) is 2.53. The van der Waals surface area contributed by atoms with Gasteiger partial charge in [0.2, 0.25) is 0 Å². The number of carbonyl (C=O) groups is 1. The molecule has 0 aromatic rings. The van der Waals surface area contributed by atoms with Crippen LogP contribution in [0.5, 0.6) is 0 Å². The van der Waals surface area contributed by atoms with Crippen LogP contribution in [-0.4, -0.2) is 5.78 Å². The first kappa shape index (κ1) is 11.3. The molecule has 3 aliphatic carbocycles. The Labute approximate surface area is 104 Å². The van der Waals surface area contributed by atoms with Gasteiger partial charge in [0.1, 0.15) is 0 Å². The second-order valence-electron chi connectivity index (χ2n) is 6.34. The van der Waals surface area contributed by atoms with E-state index in [1.165, 1.54) is 31.3 Å². The van der Waals surface area contributed by atoms with Gasteiger partial charge in [0.15, 0.2) is 5.78 Å². The number of hydrogen-bond donors (Lipinski definition) is 0. The van der Waals surface area contributed by atoms with Gasteiger partial charge in [-0.15, -0.1) is 0 Å². The fourth-order valence-corrected chi connectivity index (χ4v) is 4.27. The number of ketones is 1. The van der Waals surface area contributed by atoms with Crippen molar-refractivity contribution in [1.29, 1.82) is 0 Å². The minimum Gasteiger partial charge on any atom is -0.295 e. The van der Waals surface area contributed by atoms with Gasteiger partial charge in [-0.2, -0.15) is 0 Å². The third kappa shape index (κ3) is 1.63. The number of allylic oxidation sites excluding steroid dienone is 4. The topological polar surface area (TPSA) is 17.1 Å². The molecule has 0 aromatic carbocycles. The molecule has 0 N–H and O–H groups in total. The van der Waals surface area contributed by atoms with Crippen LogP contribution < -0.4 is 0 Å². The van der Waals surface area contributed by atoms with Crippen LogP contribution in [-0.2, 0) is 4.79 Å². The largest absolute Gasteiger partial charge is 0.295 e. The van der Waals surface area contributed by atoms with Gasteiger partial charge in [-0.25, -0.2) is 0 Å². The second kappa shape index (κ2) is 3.83. The molecule has 3 atom stereocenters. The molecule has 0 amide bonds. The van der Waals surface area contributed by atoms with Crippen LogP contribution in [0.3, 0.4) is 0 Å². The fourth-order valence-electron chi connectivity index (χ4n) is 4.27. The fraction of sp³-hybridized carbons (Fsp3) is 0.688.